The molecule has 0 bridgehead atoms. The van der Waals surface area contributed by atoms with Crippen LogP contribution >= 0.6 is 0 Å². The summed E-state index contributed by atoms with van der Waals surface area (Å²) in [6.45, 7) is 3.93. The van der Waals surface area contributed by atoms with Gasteiger partial charge in [0, 0.05) is 10.8 Å². The molecule has 2 aromatic rings. The van der Waals surface area contributed by atoms with Crippen LogP contribution in [-0.4, -0.2) is 26.5 Å². The number of aryl methyl sites for hydroxylation is 2. The van der Waals surface area contributed by atoms with Gasteiger partial charge in [0.05, 0.1) is 14.2 Å². The van der Waals surface area contributed by atoms with Crippen molar-refractivity contribution >= 4 is 23.1 Å². The second kappa shape index (κ2) is 7.68. The Labute approximate surface area is 140 Å². The van der Waals surface area contributed by atoms with Crippen LogP contribution in [-0.2, 0) is 22.3 Å². The van der Waals surface area contributed by atoms with E-state index in [1.54, 1.807) is 6.07 Å². The van der Waals surface area contributed by atoms with E-state index in [1.165, 1.54) is 14.2 Å². The largest absolute Gasteiger partial charge is 0.513 e. The number of methoxy groups -OCH3 is 2. The van der Waals surface area contributed by atoms with Crippen molar-refractivity contribution in [3.8, 4) is 11.5 Å². The van der Waals surface area contributed by atoms with Crippen LogP contribution in [0.5, 0.6) is 11.5 Å². The highest BCUT2D eigenvalue weighted by Gasteiger charge is 2.18. The van der Waals surface area contributed by atoms with Crippen LogP contribution in [0.3, 0.4) is 0 Å². The van der Waals surface area contributed by atoms with E-state index in [-0.39, 0.29) is 0 Å². The molecule has 0 N–H and O–H groups in total. The Morgan fingerprint density at radius 1 is 0.875 bits per heavy atom. The fourth-order valence-electron chi connectivity index (χ4n) is 2.41. The molecule has 0 amide bonds. The van der Waals surface area contributed by atoms with Crippen LogP contribution in [0.4, 0.5) is 9.59 Å². The summed E-state index contributed by atoms with van der Waals surface area (Å²) in [5, 5.41) is 1.33. The predicted octanol–water partition coefficient (Wildman–Crippen LogP) is 4.26. The molecule has 0 spiro atoms. The van der Waals surface area contributed by atoms with Gasteiger partial charge in [0.25, 0.3) is 0 Å². The van der Waals surface area contributed by atoms with E-state index in [4.69, 9.17) is 9.47 Å². The van der Waals surface area contributed by atoms with Crippen LogP contribution in [0, 0.1) is 0 Å². The zero-order chi connectivity index (χ0) is 17.7. The minimum absolute atomic E-state index is 0.362. The van der Waals surface area contributed by atoms with Crippen molar-refractivity contribution in [2.45, 2.75) is 26.7 Å². The zero-order valence-electron chi connectivity index (χ0n) is 14.2. The molecule has 2 rings (SSSR count). The second-order valence-corrected chi connectivity index (χ2v) is 5.06. The van der Waals surface area contributed by atoms with Crippen molar-refractivity contribution in [1.82, 2.24) is 0 Å². The van der Waals surface area contributed by atoms with Crippen molar-refractivity contribution in [1.29, 1.82) is 0 Å². The van der Waals surface area contributed by atoms with Crippen LogP contribution in [0.15, 0.2) is 24.3 Å². The third-order valence-corrected chi connectivity index (χ3v) is 3.69. The van der Waals surface area contributed by atoms with Crippen molar-refractivity contribution in [2.24, 2.45) is 0 Å². The molecule has 0 aromatic heterocycles. The number of carbonyl (C=O) groups excluding carboxylic acids is 2. The number of fused-ring (bicyclic) bond motifs is 1. The molecule has 0 saturated heterocycles. The lowest BCUT2D eigenvalue weighted by atomic mass is 9.99. The van der Waals surface area contributed by atoms with Gasteiger partial charge in [-0.25, -0.2) is 9.59 Å². The molecule has 24 heavy (non-hydrogen) atoms. The average Bonchev–Trinajstić information content (AvgIpc) is 2.62. The molecule has 0 radical (unpaired) electrons. The number of hydrogen-bond acceptors (Lipinski definition) is 6. The first kappa shape index (κ1) is 17.6. The summed E-state index contributed by atoms with van der Waals surface area (Å²) < 4.78 is 19.8. The molecule has 6 heteroatoms. The van der Waals surface area contributed by atoms with Gasteiger partial charge >= 0.3 is 12.3 Å². The summed E-state index contributed by atoms with van der Waals surface area (Å²) in [7, 11) is 2.50. The first-order chi connectivity index (χ1) is 11.5. The maximum atomic E-state index is 11.6. The molecule has 0 atom stereocenters. The standard InChI is InChI=1S/C18H20O6/c1-5-11-7-8-13-14(9-11)15(23-17(19)21-3)10-12(6-2)16(13)24-18(20)22-4/h7-10H,5-6H2,1-4H3. The van der Waals surface area contributed by atoms with Crippen molar-refractivity contribution < 1.29 is 28.5 Å². The maximum Gasteiger partial charge on any atom is 0.513 e. The van der Waals surface area contributed by atoms with Crippen molar-refractivity contribution in [3.05, 3.63) is 35.4 Å². The summed E-state index contributed by atoms with van der Waals surface area (Å²) in [4.78, 5) is 23.1. The summed E-state index contributed by atoms with van der Waals surface area (Å²) in [6.07, 6.45) is -0.208. The minimum atomic E-state index is -0.804. The molecule has 0 unspecified atom stereocenters. The smallest absolute Gasteiger partial charge is 0.437 e. The van der Waals surface area contributed by atoms with E-state index < -0.39 is 12.3 Å². The fourth-order valence-corrected chi connectivity index (χ4v) is 2.41. The highest BCUT2D eigenvalue weighted by molar-refractivity contribution is 5.97. The Bertz CT molecular complexity index is 766. The molecule has 0 heterocycles. The van der Waals surface area contributed by atoms with Crippen LogP contribution in [0.1, 0.15) is 25.0 Å². The fraction of sp³-hybridized carbons (Fsp3) is 0.333. The third kappa shape index (κ3) is 3.59. The summed E-state index contributed by atoms with van der Waals surface area (Å²) >= 11 is 0. The molecule has 0 saturated carbocycles. The maximum absolute atomic E-state index is 11.6. The van der Waals surface area contributed by atoms with Gasteiger partial charge < -0.3 is 18.9 Å². The van der Waals surface area contributed by atoms with E-state index in [0.717, 1.165) is 17.5 Å². The number of benzene rings is 2. The normalized spacial score (nSPS) is 10.3. The molecular weight excluding hydrogens is 312 g/mol. The number of carbonyl (C=O) groups is 2. The Morgan fingerprint density at radius 2 is 1.54 bits per heavy atom. The predicted molar refractivity (Wildman–Crippen MR) is 88.8 cm³/mol. The SMILES string of the molecule is CCc1ccc2c(OC(=O)OC)c(CC)cc(OC(=O)OC)c2c1. The van der Waals surface area contributed by atoms with Gasteiger partial charge in [-0.3, -0.25) is 0 Å². The topological polar surface area (TPSA) is 71.1 Å². The summed E-state index contributed by atoms with van der Waals surface area (Å²) in [6, 6.07) is 7.36. The average molecular weight is 332 g/mol. The number of rotatable bonds is 4. The molecule has 2 aromatic carbocycles. The van der Waals surface area contributed by atoms with Gasteiger partial charge in [-0.05, 0) is 36.1 Å². The Hall–Kier alpha value is -2.76. The van der Waals surface area contributed by atoms with Gasteiger partial charge in [-0.2, -0.15) is 0 Å². The van der Waals surface area contributed by atoms with E-state index in [9.17, 15) is 9.59 Å². The summed E-state index contributed by atoms with van der Waals surface area (Å²) in [5.74, 6) is 0.764. The molecule has 0 aliphatic rings. The van der Waals surface area contributed by atoms with Crippen LogP contribution in [0.25, 0.3) is 10.8 Å². The number of ether oxygens (including phenoxy) is 4. The van der Waals surface area contributed by atoms with Gasteiger partial charge in [0.2, 0.25) is 0 Å². The lowest BCUT2D eigenvalue weighted by molar-refractivity contribution is 0.119. The Morgan fingerprint density at radius 3 is 2.12 bits per heavy atom. The minimum Gasteiger partial charge on any atom is -0.437 e. The van der Waals surface area contributed by atoms with E-state index in [0.29, 0.717) is 28.7 Å². The van der Waals surface area contributed by atoms with E-state index in [1.807, 2.05) is 32.0 Å². The zero-order valence-corrected chi connectivity index (χ0v) is 14.2. The van der Waals surface area contributed by atoms with E-state index >= 15 is 0 Å². The molecule has 6 nitrogen and oxygen atoms in total. The monoisotopic (exact) mass is 332 g/mol. The van der Waals surface area contributed by atoms with E-state index in [2.05, 4.69) is 9.47 Å². The number of hydrogen-bond donors (Lipinski definition) is 0. The van der Waals surface area contributed by atoms with Crippen LogP contribution < -0.4 is 9.47 Å². The molecule has 0 aliphatic heterocycles. The quantitative estimate of drug-likeness (QED) is 0.615. The lowest BCUT2D eigenvalue weighted by Crippen LogP contribution is -2.11. The van der Waals surface area contributed by atoms with Crippen molar-refractivity contribution in [3.63, 3.8) is 0 Å². The second-order valence-electron chi connectivity index (χ2n) is 5.06. The molecule has 128 valence electrons. The third-order valence-electron chi connectivity index (χ3n) is 3.69. The van der Waals surface area contributed by atoms with Gasteiger partial charge in [-0.15, -0.1) is 0 Å². The van der Waals surface area contributed by atoms with Crippen molar-refractivity contribution in [2.75, 3.05) is 14.2 Å². The molecular formula is C18H20O6. The summed E-state index contributed by atoms with van der Waals surface area (Å²) in [5.41, 5.74) is 1.78. The van der Waals surface area contributed by atoms with Crippen LogP contribution in [0.2, 0.25) is 0 Å². The van der Waals surface area contributed by atoms with Gasteiger partial charge in [0.15, 0.2) is 0 Å². The first-order valence-corrected chi connectivity index (χ1v) is 7.64. The van der Waals surface area contributed by atoms with Gasteiger partial charge in [0.1, 0.15) is 11.5 Å². The first-order valence-electron chi connectivity index (χ1n) is 7.64. The highest BCUT2D eigenvalue weighted by atomic mass is 16.7. The van der Waals surface area contributed by atoms with Gasteiger partial charge in [-0.1, -0.05) is 26.0 Å². The highest BCUT2D eigenvalue weighted by Crippen LogP contribution is 2.38. The molecule has 0 aliphatic carbocycles. The Kier molecular flexibility index (Phi) is 5.63. The Balaban J connectivity index is 2.70. The lowest BCUT2D eigenvalue weighted by Gasteiger charge is -2.15. The molecule has 0 fully saturated rings.